The minimum atomic E-state index is -1.44. The van der Waals surface area contributed by atoms with Crippen molar-refractivity contribution in [1.29, 1.82) is 0 Å². The van der Waals surface area contributed by atoms with Crippen LogP contribution >= 0.6 is 0 Å². The number of nitrogens with one attached hydrogen (secondary N) is 1. The van der Waals surface area contributed by atoms with Crippen molar-refractivity contribution in [2.45, 2.75) is 31.5 Å². The van der Waals surface area contributed by atoms with Crippen molar-refractivity contribution in [1.82, 2.24) is 15.4 Å². The van der Waals surface area contributed by atoms with E-state index in [-0.39, 0.29) is 12.5 Å². The van der Waals surface area contributed by atoms with Gasteiger partial charge in [-0.05, 0) is 18.9 Å². The molecule has 0 saturated carbocycles. The van der Waals surface area contributed by atoms with Gasteiger partial charge in [0.2, 0.25) is 0 Å². The molecular formula is C19H25N3O5. The van der Waals surface area contributed by atoms with E-state index < -0.39 is 5.60 Å². The smallest absolute Gasteiger partial charge is 0.256 e. The van der Waals surface area contributed by atoms with Gasteiger partial charge in [0, 0.05) is 31.3 Å². The molecule has 0 aliphatic carbocycles. The summed E-state index contributed by atoms with van der Waals surface area (Å²) in [6.07, 6.45) is 2.69. The topological polar surface area (TPSA) is 97.1 Å². The maximum absolute atomic E-state index is 12.9. The van der Waals surface area contributed by atoms with Gasteiger partial charge in [0.15, 0.2) is 17.1 Å². The summed E-state index contributed by atoms with van der Waals surface area (Å²) in [6, 6.07) is 7.30. The summed E-state index contributed by atoms with van der Waals surface area (Å²) in [5.74, 6) is 1.58. The molecule has 2 N–H and O–H groups in total. The molecule has 1 aromatic carbocycles. The van der Waals surface area contributed by atoms with E-state index in [4.69, 9.17) is 14.0 Å². The molecule has 0 unspecified atom stereocenters. The van der Waals surface area contributed by atoms with Gasteiger partial charge in [0.25, 0.3) is 5.91 Å². The lowest BCUT2D eigenvalue weighted by molar-refractivity contribution is -0.157. The number of ether oxygens (including phenoxy) is 2. The predicted molar refractivity (Wildman–Crippen MR) is 97.4 cm³/mol. The zero-order chi connectivity index (χ0) is 19.3. The summed E-state index contributed by atoms with van der Waals surface area (Å²) in [4.78, 5) is 14.6. The number of carbonyl (C=O) groups is 1. The highest BCUT2D eigenvalue weighted by Crippen LogP contribution is 2.33. The maximum Gasteiger partial charge on any atom is 0.256 e. The molecule has 1 atom stereocenters. The minimum absolute atomic E-state index is 0.151. The Kier molecular flexibility index (Phi) is 5.98. The van der Waals surface area contributed by atoms with E-state index in [1.807, 2.05) is 18.2 Å². The van der Waals surface area contributed by atoms with Crippen LogP contribution in [0.1, 0.15) is 24.2 Å². The van der Waals surface area contributed by atoms with Crippen molar-refractivity contribution in [3.05, 3.63) is 41.8 Å². The Labute approximate surface area is 158 Å². The number of para-hydroxylation sites is 1. The van der Waals surface area contributed by atoms with Crippen LogP contribution in [0.4, 0.5) is 0 Å². The first-order valence-electron chi connectivity index (χ1n) is 8.89. The molecule has 1 saturated heterocycles. The number of piperidine rings is 1. The number of amides is 1. The van der Waals surface area contributed by atoms with E-state index in [0.29, 0.717) is 43.3 Å². The summed E-state index contributed by atoms with van der Waals surface area (Å²) in [5, 5.41) is 17.6. The Morgan fingerprint density at radius 3 is 2.89 bits per heavy atom. The fraction of sp³-hybridized carbons (Fsp3) is 0.474. The zero-order valence-corrected chi connectivity index (χ0v) is 15.6. The number of hydrogen-bond acceptors (Lipinski definition) is 7. The molecule has 27 heavy (non-hydrogen) atoms. The Bertz CT molecular complexity index is 765. The average Bonchev–Trinajstić information content (AvgIpc) is 3.19. The molecule has 2 aromatic rings. The van der Waals surface area contributed by atoms with Crippen molar-refractivity contribution in [2.75, 3.05) is 27.3 Å². The van der Waals surface area contributed by atoms with Crippen molar-refractivity contribution < 1.29 is 23.9 Å². The van der Waals surface area contributed by atoms with Gasteiger partial charge in [-0.3, -0.25) is 4.79 Å². The average molecular weight is 375 g/mol. The highest BCUT2D eigenvalue weighted by atomic mass is 16.5. The van der Waals surface area contributed by atoms with Crippen LogP contribution in [0, 0.1) is 0 Å². The number of nitrogens with zero attached hydrogens (tertiary/aromatic N) is 2. The first kappa shape index (κ1) is 19.2. The van der Waals surface area contributed by atoms with Gasteiger partial charge in [0.05, 0.1) is 27.0 Å². The number of carbonyl (C=O) groups excluding carboxylic acids is 1. The van der Waals surface area contributed by atoms with Crippen LogP contribution in [0.3, 0.4) is 0 Å². The Morgan fingerprint density at radius 1 is 1.33 bits per heavy atom. The summed E-state index contributed by atoms with van der Waals surface area (Å²) in [7, 11) is 3.15. The second-order valence-electron chi connectivity index (χ2n) is 6.60. The Morgan fingerprint density at radius 2 is 2.19 bits per heavy atom. The van der Waals surface area contributed by atoms with Gasteiger partial charge in [-0.15, -0.1) is 0 Å². The molecule has 2 heterocycles. The first-order valence-corrected chi connectivity index (χ1v) is 8.89. The molecule has 1 aromatic heterocycles. The number of likely N-dealkylation sites (tertiary alicyclic amines) is 1. The van der Waals surface area contributed by atoms with Gasteiger partial charge in [-0.25, -0.2) is 0 Å². The maximum atomic E-state index is 12.9. The second kappa shape index (κ2) is 8.41. The van der Waals surface area contributed by atoms with Crippen LogP contribution in [-0.2, 0) is 17.9 Å². The molecule has 1 amide bonds. The van der Waals surface area contributed by atoms with E-state index in [1.54, 1.807) is 31.4 Å². The van der Waals surface area contributed by atoms with Gasteiger partial charge in [-0.2, -0.15) is 0 Å². The van der Waals surface area contributed by atoms with Crippen molar-refractivity contribution in [3.63, 3.8) is 0 Å². The molecule has 1 fully saturated rings. The lowest BCUT2D eigenvalue weighted by Crippen LogP contribution is -2.57. The third-order valence-corrected chi connectivity index (χ3v) is 4.76. The third kappa shape index (κ3) is 4.23. The summed E-state index contributed by atoms with van der Waals surface area (Å²) >= 11 is 0. The Balaban J connectivity index is 1.67. The standard InChI is InChI=1S/C19H25N3O5/c1-25-16-6-3-5-14(17(16)26-2)12-22-10-4-8-19(24,18(22)23)13-20-11-15-7-9-21-27-15/h3,5-7,9,20,24H,4,8,10-13H2,1-2H3/t19-/m1/s1. The van der Waals surface area contributed by atoms with Crippen LogP contribution < -0.4 is 14.8 Å². The molecule has 3 rings (SSSR count). The van der Waals surface area contributed by atoms with Crippen LogP contribution in [0.15, 0.2) is 35.0 Å². The molecule has 146 valence electrons. The van der Waals surface area contributed by atoms with E-state index in [0.717, 1.165) is 12.0 Å². The summed E-state index contributed by atoms with van der Waals surface area (Å²) in [5.41, 5.74) is -0.603. The van der Waals surface area contributed by atoms with Gasteiger partial charge < -0.3 is 29.3 Å². The minimum Gasteiger partial charge on any atom is -0.493 e. The lowest BCUT2D eigenvalue weighted by Gasteiger charge is -2.38. The van der Waals surface area contributed by atoms with Crippen LogP contribution in [0.5, 0.6) is 11.5 Å². The van der Waals surface area contributed by atoms with Crippen LogP contribution in [0.25, 0.3) is 0 Å². The number of benzene rings is 1. The predicted octanol–water partition coefficient (Wildman–Crippen LogP) is 1.34. The highest BCUT2D eigenvalue weighted by molar-refractivity contribution is 5.86. The summed E-state index contributed by atoms with van der Waals surface area (Å²) < 4.78 is 15.8. The van der Waals surface area contributed by atoms with Gasteiger partial charge in [-0.1, -0.05) is 17.3 Å². The summed E-state index contributed by atoms with van der Waals surface area (Å²) in [6.45, 7) is 1.49. The van der Waals surface area contributed by atoms with E-state index in [1.165, 1.54) is 0 Å². The molecule has 0 spiro atoms. The van der Waals surface area contributed by atoms with E-state index in [2.05, 4.69) is 10.5 Å². The van der Waals surface area contributed by atoms with Crippen LogP contribution in [0.2, 0.25) is 0 Å². The number of aromatic nitrogens is 1. The molecule has 8 heteroatoms. The van der Waals surface area contributed by atoms with Crippen LogP contribution in [-0.4, -0.2) is 54.0 Å². The zero-order valence-electron chi connectivity index (χ0n) is 15.6. The number of rotatable bonds is 8. The Hall–Kier alpha value is -2.58. The number of hydrogen-bond donors (Lipinski definition) is 2. The molecule has 1 aliphatic heterocycles. The highest BCUT2D eigenvalue weighted by Gasteiger charge is 2.42. The van der Waals surface area contributed by atoms with Crippen molar-refractivity contribution in [3.8, 4) is 11.5 Å². The quantitative estimate of drug-likeness (QED) is 0.718. The van der Waals surface area contributed by atoms with Gasteiger partial charge in [0.1, 0.15) is 5.76 Å². The number of methoxy groups -OCH3 is 2. The van der Waals surface area contributed by atoms with E-state index >= 15 is 0 Å². The molecule has 0 radical (unpaired) electrons. The largest absolute Gasteiger partial charge is 0.493 e. The SMILES string of the molecule is COc1cccc(CN2CCC[C@@](O)(CNCc3ccno3)C2=O)c1OC. The fourth-order valence-electron chi connectivity index (χ4n) is 3.39. The van der Waals surface area contributed by atoms with Crippen molar-refractivity contribution in [2.24, 2.45) is 0 Å². The lowest BCUT2D eigenvalue weighted by atomic mass is 9.91. The van der Waals surface area contributed by atoms with E-state index in [9.17, 15) is 9.90 Å². The monoisotopic (exact) mass is 375 g/mol. The molecular weight excluding hydrogens is 350 g/mol. The fourth-order valence-corrected chi connectivity index (χ4v) is 3.39. The first-order chi connectivity index (χ1) is 13.1. The third-order valence-electron chi connectivity index (χ3n) is 4.76. The molecule has 1 aliphatic rings. The van der Waals surface area contributed by atoms with Crippen molar-refractivity contribution >= 4 is 5.91 Å². The van der Waals surface area contributed by atoms with Gasteiger partial charge >= 0.3 is 0 Å². The normalized spacial score (nSPS) is 20.0. The second-order valence-corrected chi connectivity index (χ2v) is 6.60. The number of aliphatic hydroxyl groups is 1. The molecule has 0 bridgehead atoms. The molecule has 8 nitrogen and oxygen atoms in total.